The molecule has 2 aromatic heterocycles. The van der Waals surface area contributed by atoms with Gasteiger partial charge in [-0.1, -0.05) is 18.2 Å². The second-order valence-electron chi connectivity index (χ2n) is 6.45. The number of aromatic nitrogens is 2. The highest BCUT2D eigenvalue weighted by Crippen LogP contribution is 2.14. The van der Waals surface area contributed by atoms with E-state index in [2.05, 4.69) is 20.6 Å². The maximum absolute atomic E-state index is 13.3. The van der Waals surface area contributed by atoms with Crippen LogP contribution in [0.15, 0.2) is 73.3 Å². The van der Waals surface area contributed by atoms with E-state index in [-0.39, 0.29) is 11.7 Å². The molecule has 2 N–H and O–H groups in total. The third-order valence-corrected chi connectivity index (χ3v) is 4.41. The van der Waals surface area contributed by atoms with Crippen molar-refractivity contribution in [2.45, 2.75) is 18.9 Å². The molecule has 144 valence electrons. The van der Waals surface area contributed by atoms with Gasteiger partial charge in [0.25, 0.3) is 0 Å². The van der Waals surface area contributed by atoms with Crippen LogP contribution in [-0.4, -0.2) is 29.0 Å². The number of benzene rings is 1. The molecule has 3 aromatic rings. The summed E-state index contributed by atoms with van der Waals surface area (Å²) < 4.78 is 13.3. The first-order valence-electron chi connectivity index (χ1n) is 9.27. The lowest BCUT2D eigenvalue weighted by Crippen LogP contribution is -2.39. The van der Waals surface area contributed by atoms with Crippen LogP contribution < -0.4 is 10.6 Å². The van der Waals surface area contributed by atoms with E-state index in [0.29, 0.717) is 13.1 Å². The zero-order valence-electron chi connectivity index (χ0n) is 15.5. The number of halogens is 1. The molecule has 0 saturated heterocycles. The van der Waals surface area contributed by atoms with E-state index >= 15 is 0 Å². The number of nitrogens with one attached hydrogen (secondary N) is 2. The highest BCUT2D eigenvalue weighted by atomic mass is 19.1. The minimum Gasteiger partial charge on any atom is -0.354 e. The van der Waals surface area contributed by atoms with Gasteiger partial charge in [-0.15, -0.1) is 0 Å². The van der Waals surface area contributed by atoms with E-state index in [4.69, 9.17) is 0 Å². The summed E-state index contributed by atoms with van der Waals surface area (Å²) in [4.78, 5) is 20.9. The van der Waals surface area contributed by atoms with E-state index in [9.17, 15) is 9.18 Å². The predicted octanol–water partition coefficient (Wildman–Crippen LogP) is 2.85. The standard InChI is InChI=1S/C22H23FN4O/c23-20-5-3-19(4-6-20)21(26-14-10-18-2-1-11-25-16-18)22(28)27-15-9-17-7-12-24-13-8-17/h1-8,11-13,16,21,26H,9-10,14-15H2,(H,27,28). The monoisotopic (exact) mass is 378 g/mol. The summed E-state index contributed by atoms with van der Waals surface area (Å²) in [6.45, 7) is 1.12. The van der Waals surface area contributed by atoms with Crippen LogP contribution in [0.5, 0.6) is 0 Å². The molecule has 0 aliphatic rings. The van der Waals surface area contributed by atoms with Gasteiger partial charge in [-0.3, -0.25) is 14.8 Å². The molecule has 28 heavy (non-hydrogen) atoms. The van der Waals surface area contributed by atoms with Crippen molar-refractivity contribution in [2.24, 2.45) is 0 Å². The topological polar surface area (TPSA) is 66.9 Å². The molecule has 1 aromatic carbocycles. The van der Waals surface area contributed by atoms with E-state index in [1.165, 1.54) is 12.1 Å². The Morgan fingerprint density at radius 2 is 1.64 bits per heavy atom. The van der Waals surface area contributed by atoms with Crippen molar-refractivity contribution in [1.29, 1.82) is 0 Å². The molecule has 0 radical (unpaired) electrons. The van der Waals surface area contributed by atoms with Crippen molar-refractivity contribution < 1.29 is 9.18 Å². The molecule has 0 spiro atoms. The molecular weight excluding hydrogens is 355 g/mol. The van der Waals surface area contributed by atoms with Crippen molar-refractivity contribution in [3.8, 4) is 0 Å². The van der Waals surface area contributed by atoms with Crippen molar-refractivity contribution in [3.05, 3.63) is 95.8 Å². The Hall–Kier alpha value is -3.12. The molecule has 0 aliphatic heterocycles. The number of pyridine rings is 2. The smallest absolute Gasteiger partial charge is 0.241 e. The van der Waals surface area contributed by atoms with Crippen molar-refractivity contribution >= 4 is 5.91 Å². The second-order valence-corrected chi connectivity index (χ2v) is 6.45. The van der Waals surface area contributed by atoms with Gasteiger partial charge in [0.15, 0.2) is 0 Å². The van der Waals surface area contributed by atoms with Crippen LogP contribution in [0.4, 0.5) is 4.39 Å². The number of rotatable bonds is 9. The molecule has 6 heteroatoms. The summed E-state index contributed by atoms with van der Waals surface area (Å²) in [6, 6.07) is 13.2. The Labute approximate surface area is 164 Å². The number of carbonyl (C=O) groups is 1. The van der Waals surface area contributed by atoms with E-state index in [0.717, 1.165) is 29.5 Å². The molecular formula is C22H23FN4O. The van der Waals surface area contributed by atoms with Crippen LogP contribution in [0.2, 0.25) is 0 Å². The maximum atomic E-state index is 13.3. The predicted molar refractivity (Wildman–Crippen MR) is 106 cm³/mol. The lowest BCUT2D eigenvalue weighted by molar-refractivity contribution is -0.123. The van der Waals surface area contributed by atoms with Crippen molar-refractivity contribution in [3.63, 3.8) is 0 Å². The molecule has 1 unspecified atom stereocenters. The lowest BCUT2D eigenvalue weighted by Gasteiger charge is -2.19. The Morgan fingerprint density at radius 1 is 0.893 bits per heavy atom. The van der Waals surface area contributed by atoms with Crippen LogP contribution in [0.1, 0.15) is 22.7 Å². The van der Waals surface area contributed by atoms with Crippen LogP contribution in [0.25, 0.3) is 0 Å². The van der Waals surface area contributed by atoms with E-state index in [1.54, 1.807) is 30.7 Å². The van der Waals surface area contributed by atoms with Gasteiger partial charge in [0.05, 0.1) is 0 Å². The minimum absolute atomic E-state index is 0.133. The van der Waals surface area contributed by atoms with Crippen LogP contribution in [0.3, 0.4) is 0 Å². The van der Waals surface area contributed by atoms with E-state index < -0.39 is 6.04 Å². The molecule has 0 saturated carbocycles. The summed E-state index contributed by atoms with van der Waals surface area (Å²) in [5, 5.41) is 6.25. The van der Waals surface area contributed by atoms with Gasteiger partial charge in [-0.25, -0.2) is 4.39 Å². The molecule has 0 aliphatic carbocycles. The summed E-state index contributed by atoms with van der Waals surface area (Å²) in [5.41, 5.74) is 2.93. The number of hydrogen-bond acceptors (Lipinski definition) is 4. The molecule has 3 rings (SSSR count). The van der Waals surface area contributed by atoms with Crippen LogP contribution in [-0.2, 0) is 17.6 Å². The zero-order chi connectivity index (χ0) is 19.6. The Bertz CT molecular complexity index is 857. The van der Waals surface area contributed by atoms with Gasteiger partial charge in [0.2, 0.25) is 5.91 Å². The molecule has 5 nitrogen and oxygen atoms in total. The summed E-state index contributed by atoms with van der Waals surface area (Å²) in [5.74, 6) is -0.456. The molecule has 1 atom stereocenters. The van der Waals surface area contributed by atoms with Crippen molar-refractivity contribution in [1.82, 2.24) is 20.6 Å². The van der Waals surface area contributed by atoms with Crippen LogP contribution >= 0.6 is 0 Å². The summed E-state index contributed by atoms with van der Waals surface area (Å²) >= 11 is 0. The highest BCUT2D eigenvalue weighted by Gasteiger charge is 2.19. The maximum Gasteiger partial charge on any atom is 0.241 e. The average Bonchev–Trinajstić information content (AvgIpc) is 2.73. The number of carbonyl (C=O) groups excluding carboxylic acids is 1. The zero-order valence-corrected chi connectivity index (χ0v) is 15.5. The van der Waals surface area contributed by atoms with Gasteiger partial charge in [0.1, 0.15) is 11.9 Å². The average molecular weight is 378 g/mol. The van der Waals surface area contributed by atoms with Gasteiger partial charge >= 0.3 is 0 Å². The third-order valence-electron chi connectivity index (χ3n) is 4.41. The quantitative estimate of drug-likeness (QED) is 0.601. The molecule has 1 amide bonds. The SMILES string of the molecule is O=C(NCCc1ccncc1)C(NCCc1cccnc1)c1ccc(F)cc1. The molecule has 2 heterocycles. The van der Waals surface area contributed by atoms with Gasteiger partial charge in [-0.2, -0.15) is 0 Å². The van der Waals surface area contributed by atoms with Gasteiger partial charge in [-0.05, 0) is 59.9 Å². The summed E-state index contributed by atoms with van der Waals surface area (Å²) in [6.07, 6.45) is 8.48. The molecule has 0 bridgehead atoms. The van der Waals surface area contributed by atoms with Gasteiger partial charge in [0, 0.05) is 37.9 Å². The highest BCUT2D eigenvalue weighted by molar-refractivity contribution is 5.83. The Kier molecular flexibility index (Phi) is 7.21. The summed E-state index contributed by atoms with van der Waals surface area (Å²) in [7, 11) is 0. The number of amides is 1. The largest absolute Gasteiger partial charge is 0.354 e. The fourth-order valence-electron chi connectivity index (χ4n) is 2.91. The first-order valence-corrected chi connectivity index (χ1v) is 9.27. The lowest BCUT2D eigenvalue weighted by atomic mass is 10.1. The fraction of sp³-hybridized carbons (Fsp3) is 0.227. The van der Waals surface area contributed by atoms with Gasteiger partial charge < -0.3 is 10.6 Å². The molecule has 0 fully saturated rings. The first-order chi connectivity index (χ1) is 13.7. The second kappa shape index (κ2) is 10.3. The number of hydrogen-bond donors (Lipinski definition) is 2. The van der Waals surface area contributed by atoms with Crippen molar-refractivity contribution in [2.75, 3.05) is 13.1 Å². The Morgan fingerprint density at radius 3 is 2.36 bits per heavy atom. The van der Waals surface area contributed by atoms with Crippen LogP contribution in [0, 0.1) is 5.82 Å². The number of nitrogens with zero attached hydrogens (tertiary/aromatic N) is 2. The normalized spacial score (nSPS) is 11.8. The Balaban J connectivity index is 1.59. The first kappa shape index (κ1) is 19.6. The minimum atomic E-state index is -0.547. The van der Waals surface area contributed by atoms with E-state index in [1.807, 2.05) is 30.5 Å². The third kappa shape index (κ3) is 5.96. The fourth-order valence-corrected chi connectivity index (χ4v) is 2.91.